The first-order valence-electron chi connectivity index (χ1n) is 15.2. The van der Waals surface area contributed by atoms with E-state index >= 15 is 0 Å². The summed E-state index contributed by atoms with van der Waals surface area (Å²) in [5.74, 6) is 0.325. The van der Waals surface area contributed by atoms with Crippen molar-refractivity contribution in [1.82, 2.24) is 4.98 Å². The second-order valence-electron chi connectivity index (χ2n) is 15.3. The van der Waals surface area contributed by atoms with Crippen molar-refractivity contribution in [3.8, 4) is 0 Å². The molecule has 1 fully saturated rings. The van der Waals surface area contributed by atoms with Gasteiger partial charge >= 0.3 is 0 Å². The lowest BCUT2D eigenvalue weighted by molar-refractivity contribution is -0.0579. The van der Waals surface area contributed by atoms with Gasteiger partial charge in [0.05, 0.1) is 11.7 Å². The van der Waals surface area contributed by atoms with Crippen LogP contribution in [0.1, 0.15) is 145 Å². The first-order valence-corrected chi connectivity index (χ1v) is 18.1. The van der Waals surface area contributed by atoms with Gasteiger partial charge in [0.25, 0.3) is 0 Å². The Balaban J connectivity index is 1.76. The van der Waals surface area contributed by atoms with Gasteiger partial charge in [0.15, 0.2) is 8.32 Å². The Morgan fingerprint density at radius 1 is 1.08 bits per heavy atom. The van der Waals surface area contributed by atoms with Crippen LogP contribution in [0.15, 0.2) is 30.8 Å². The fourth-order valence-corrected chi connectivity index (χ4v) is 8.22. The highest BCUT2D eigenvalue weighted by molar-refractivity contribution is 6.74. The summed E-state index contributed by atoms with van der Waals surface area (Å²) in [5.41, 5.74) is 10.1. The maximum Gasteiger partial charge on any atom is 0.192 e. The van der Waals surface area contributed by atoms with Gasteiger partial charge in [-0.3, -0.25) is 4.98 Å². The molecule has 5 rings (SSSR count). The zero-order valence-corrected chi connectivity index (χ0v) is 27.3. The molecule has 2 aliphatic carbocycles. The van der Waals surface area contributed by atoms with Crippen molar-refractivity contribution in [3.05, 3.63) is 70.0 Å². The minimum Gasteiger partial charge on any atom is -0.410 e. The fraction of sp³-hybridized carbons (Fsp3) is 0.629. The SMILES string of the molecule is C=C(C)c1ccc([C@H]2OC3(CCCC3)c3c4c(nc(C(C)C)c32)CC(C)(C)CC4O[Si](C)(C)C(C)(C)C)cc1. The number of nitrogens with zero attached hydrogens (tertiary/aromatic N) is 1. The van der Waals surface area contributed by atoms with E-state index in [1.165, 1.54) is 52.0 Å². The van der Waals surface area contributed by atoms with Crippen molar-refractivity contribution < 1.29 is 9.16 Å². The van der Waals surface area contributed by atoms with Crippen LogP contribution in [-0.2, 0) is 21.2 Å². The van der Waals surface area contributed by atoms with Gasteiger partial charge in [-0.2, -0.15) is 0 Å². The lowest BCUT2D eigenvalue weighted by atomic mass is 9.70. The number of hydrogen-bond acceptors (Lipinski definition) is 3. The van der Waals surface area contributed by atoms with Crippen LogP contribution in [0.3, 0.4) is 0 Å². The zero-order valence-electron chi connectivity index (χ0n) is 26.3. The van der Waals surface area contributed by atoms with Crippen molar-refractivity contribution in [1.29, 1.82) is 0 Å². The van der Waals surface area contributed by atoms with Crippen LogP contribution in [0.5, 0.6) is 0 Å². The first kappa shape index (κ1) is 28.8. The van der Waals surface area contributed by atoms with E-state index in [1.54, 1.807) is 0 Å². The minimum absolute atomic E-state index is 0.0673. The number of hydrogen-bond donors (Lipinski definition) is 0. The van der Waals surface area contributed by atoms with Gasteiger partial charge < -0.3 is 9.16 Å². The molecule has 2 atom stereocenters. The van der Waals surface area contributed by atoms with Crippen LogP contribution in [-0.4, -0.2) is 13.3 Å². The zero-order chi connectivity index (χ0) is 28.5. The van der Waals surface area contributed by atoms with Crippen LogP contribution in [0.4, 0.5) is 0 Å². The molecule has 1 aromatic heterocycles. The molecule has 0 amide bonds. The quantitative estimate of drug-likeness (QED) is 0.350. The van der Waals surface area contributed by atoms with Gasteiger partial charge in [-0.25, -0.2) is 0 Å². The molecule has 1 aromatic carbocycles. The molecule has 3 aliphatic rings. The van der Waals surface area contributed by atoms with E-state index < -0.39 is 8.32 Å². The molecule has 0 N–H and O–H groups in total. The molecular formula is C35H51NO2Si. The van der Waals surface area contributed by atoms with E-state index in [0.717, 1.165) is 31.3 Å². The largest absolute Gasteiger partial charge is 0.410 e. The van der Waals surface area contributed by atoms with E-state index in [4.69, 9.17) is 14.1 Å². The summed E-state index contributed by atoms with van der Waals surface area (Å²) in [6, 6.07) is 8.91. The van der Waals surface area contributed by atoms with Crippen molar-refractivity contribution >= 4 is 13.9 Å². The third-order valence-corrected chi connectivity index (χ3v) is 14.5. The molecule has 212 valence electrons. The molecule has 0 radical (unpaired) electrons. The van der Waals surface area contributed by atoms with Crippen LogP contribution in [0.2, 0.25) is 18.1 Å². The van der Waals surface area contributed by atoms with Crippen LogP contribution < -0.4 is 0 Å². The second-order valence-corrected chi connectivity index (χ2v) is 20.1. The Hall–Kier alpha value is -1.75. The highest BCUT2D eigenvalue weighted by atomic mass is 28.4. The summed E-state index contributed by atoms with van der Waals surface area (Å²) in [4.78, 5) is 5.54. The minimum atomic E-state index is -2.02. The van der Waals surface area contributed by atoms with Crippen LogP contribution in [0, 0.1) is 5.41 Å². The predicted molar refractivity (Wildman–Crippen MR) is 166 cm³/mol. The molecule has 2 heterocycles. The van der Waals surface area contributed by atoms with E-state index in [9.17, 15) is 0 Å². The smallest absolute Gasteiger partial charge is 0.192 e. The lowest BCUT2D eigenvalue weighted by Gasteiger charge is -2.45. The van der Waals surface area contributed by atoms with Gasteiger partial charge in [-0.05, 0) is 78.8 Å². The number of rotatable bonds is 5. The second kappa shape index (κ2) is 9.67. The highest BCUT2D eigenvalue weighted by Crippen LogP contribution is 2.60. The maximum absolute atomic E-state index is 7.35. The third kappa shape index (κ3) is 5.00. The number of aromatic nitrogens is 1. The molecule has 3 nitrogen and oxygen atoms in total. The topological polar surface area (TPSA) is 31.4 Å². The van der Waals surface area contributed by atoms with Gasteiger partial charge in [-0.15, -0.1) is 0 Å². The molecule has 0 bridgehead atoms. The van der Waals surface area contributed by atoms with Gasteiger partial charge in [0.2, 0.25) is 0 Å². The van der Waals surface area contributed by atoms with Crippen molar-refractivity contribution in [3.63, 3.8) is 0 Å². The van der Waals surface area contributed by atoms with E-state index in [0.29, 0.717) is 5.92 Å². The summed E-state index contributed by atoms with van der Waals surface area (Å²) in [6.45, 7) is 27.5. The Morgan fingerprint density at radius 2 is 1.69 bits per heavy atom. The summed E-state index contributed by atoms with van der Waals surface area (Å²) >= 11 is 0. The van der Waals surface area contributed by atoms with Crippen LogP contribution >= 0.6 is 0 Å². The Morgan fingerprint density at radius 3 is 2.23 bits per heavy atom. The van der Waals surface area contributed by atoms with Crippen LogP contribution in [0.25, 0.3) is 5.57 Å². The average molecular weight is 546 g/mol. The lowest BCUT2D eigenvalue weighted by Crippen LogP contribution is -2.44. The molecular weight excluding hydrogens is 494 g/mol. The van der Waals surface area contributed by atoms with E-state index in [1.807, 2.05) is 0 Å². The monoisotopic (exact) mass is 545 g/mol. The third-order valence-electron chi connectivity index (χ3n) is 10.1. The number of ether oxygens (including phenoxy) is 1. The van der Waals surface area contributed by atoms with Gasteiger partial charge in [-0.1, -0.05) is 97.7 Å². The van der Waals surface area contributed by atoms with Crippen molar-refractivity contribution in [2.75, 3.05) is 0 Å². The van der Waals surface area contributed by atoms with Crippen molar-refractivity contribution in [2.45, 2.75) is 136 Å². The maximum atomic E-state index is 7.35. The molecule has 1 aliphatic heterocycles. The summed E-state index contributed by atoms with van der Waals surface area (Å²) in [7, 11) is -2.02. The molecule has 0 saturated heterocycles. The standard InChI is InChI=1S/C35H51NO2Si/c1-22(2)24-14-16-25(17-15-24)32-29-30(35(37-32)18-12-13-19-35)28-26(36-31(29)23(3)4)20-34(8,9)21-27(28)38-39(10,11)33(5,6)7/h14-17,23,27,32H,1,12-13,18-21H2,2-11H3/t27?,32-/m1/s1. The molecule has 1 unspecified atom stereocenters. The number of allylic oxidation sites excluding steroid dienone is 1. The number of fused-ring (bicyclic) bond motifs is 4. The molecule has 4 heteroatoms. The average Bonchev–Trinajstić information content (AvgIpc) is 3.42. The molecule has 1 saturated carbocycles. The Bertz CT molecular complexity index is 1260. The molecule has 2 aromatic rings. The summed E-state index contributed by atoms with van der Waals surface area (Å²) in [6.07, 6.45) is 6.63. The summed E-state index contributed by atoms with van der Waals surface area (Å²) < 4.78 is 14.7. The molecule has 39 heavy (non-hydrogen) atoms. The Kier molecular flexibility index (Phi) is 7.13. The first-order chi connectivity index (χ1) is 18.1. The number of benzene rings is 1. The summed E-state index contributed by atoms with van der Waals surface area (Å²) in [5, 5.41) is 0.151. The van der Waals surface area contributed by atoms with Gasteiger partial charge in [0.1, 0.15) is 6.10 Å². The van der Waals surface area contributed by atoms with E-state index in [2.05, 4.69) is 99.3 Å². The molecule has 1 spiro atoms. The van der Waals surface area contributed by atoms with Crippen molar-refractivity contribution in [2.24, 2.45) is 5.41 Å². The van der Waals surface area contributed by atoms with Gasteiger partial charge in [0, 0.05) is 22.5 Å². The normalized spacial score (nSPS) is 23.8. The predicted octanol–water partition coefficient (Wildman–Crippen LogP) is 10.2. The fourth-order valence-electron chi connectivity index (χ4n) is 6.96. The highest BCUT2D eigenvalue weighted by Gasteiger charge is 2.54. The van der Waals surface area contributed by atoms with E-state index in [-0.39, 0.29) is 28.3 Å². The Labute approximate surface area is 238 Å². The number of pyridine rings is 1.